The number of halogens is 2. The zero-order valence-electron chi connectivity index (χ0n) is 14.1. The van der Waals surface area contributed by atoms with Gasteiger partial charge in [-0.1, -0.05) is 43.1 Å². The summed E-state index contributed by atoms with van der Waals surface area (Å²) in [4.78, 5) is 12.3. The molecule has 0 saturated heterocycles. The first-order valence-electron chi connectivity index (χ1n) is 7.95. The van der Waals surface area contributed by atoms with Crippen LogP contribution in [0, 0.1) is 6.92 Å². The van der Waals surface area contributed by atoms with Crippen molar-refractivity contribution in [2.45, 2.75) is 33.6 Å². The van der Waals surface area contributed by atoms with Crippen molar-refractivity contribution in [1.82, 2.24) is 0 Å². The number of hydrogen-bond acceptors (Lipinski definition) is 2. The quantitative estimate of drug-likeness (QED) is 0.739. The van der Waals surface area contributed by atoms with E-state index in [-0.39, 0.29) is 12.5 Å². The fourth-order valence-electron chi connectivity index (χ4n) is 2.50. The van der Waals surface area contributed by atoms with E-state index in [1.54, 1.807) is 12.1 Å². The zero-order chi connectivity index (χ0) is 17.7. The van der Waals surface area contributed by atoms with Crippen LogP contribution in [0.4, 0.5) is 5.69 Å². The predicted molar refractivity (Wildman–Crippen MR) is 101 cm³/mol. The number of carbonyl (C=O) groups is 1. The number of nitrogens with one attached hydrogen (secondary N) is 1. The third kappa shape index (κ3) is 4.43. The lowest BCUT2D eigenvalue weighted by Gasteiger charge is -2.16. The highest BCUT2D eigenvalue weighted by molar-refractivity contribution is 6.32. The van der Waals surface area contributed by atoms with Gasteiger partial charge in [0, 0.05) is 15.7 Å². The van der Waals surface area contributed by atoms with E-state index in [0.717, 1.165) is 35.2 Å². The highest BCUT2D eigenvalue weighted by atomic mass is 35.5. The minimum atomic E-state index is -0.214. The van der Waals surface area contributed by atoms with Crippen molar-refractivity contribution in [3.63, 3.8) is 0 Å². The molecule has 5 heteroatoms. The third-order valence-corrected chi connectivity index (χ3v) is 4.62. The second-order valence-corrected chi connectivity index (χ2v) is 6.33. The summed E-state index contributed by atoms with van der Waals surface area (Å²) in [5, 5.41) is 4.28. The number of anilines is 1. The highest BCUT2D eigenvalue weighted by Gasteiger charge is 2.13. The molecule has 3 nitrogen and oxygen atoms in total. The van der Waals surface area contributed by atoms with E-state index in [0.29, 0.717) is 15.8 Å². The molecular formula is C19H21Cl2NO2. The summed E-state index contributed by atoms with van der Waals surface area (Å²) >= 11 is 12.2. The number of rotatable bonds is 6. The molecule has 0 bridgehead atoms. The maximum Gasteiger partial charge on any atom is 0.262 e. The van der Waals surface area contributed by atoms with Crippen LogP contribution in [-0.2, 0) is 17.6 Å². The first kappa shape index (κ1) is 18.6. The summed E-state index contributed by atoms with van der Waals surface area (Å²) in [7, 11) is 0. The van der Waals surface area contributed by atoms with E-state index in [1.165, 1.54) is 0 Å². The summed E-state index contributed by atoms with van der Waals surface area (Å²) in [5.74, 6) is 0.402. The van der Waals surface area contributed by atoms with Gasteiger partial charge in [0.1, 0.15) is 5.75 Å². The Bertz CT molecular complexity index is 744. The smallest absolute Gasteiger partial charge is 0.262 e. The van der Waals surface area contributed by atoms with Crippen LogP contribution in [-0.4, -0.2) is 12.5 Å². The van der Waals surface area contributed by atoms with E-state index in [9.17, 15) is 4.79 Å². The van der Waals surface area contributed by atoms with Crippen molar-refractivity contribution in [3.05, 3.63) is 57.1 Å². The summed E-state index contributed by atoms with van der Waals surface area (Å²) in [6, 6.07) is 9.13. The number of ether oxygens (including phenoxy) is 1. The lowest BCUT2D eigenvalue weighted by atomic mass is 10.0. The van der Waals surface area contributed by atoms with Gasteiger partial charge in [-0.05, 0) is 60.7 Å². The molecule has 0 radical (unpaired) electrons. The van der Waals surface area contributed by atoms with Gasteiger partial charge in [-0.15, -0.1) is 0 Å². The second-order valence-electron chi connectivity index (χ2n) is 5.52. The molecule has 0 aliphatic rings. The number of amides is 1. The van der Waals surface area contributed by atoms with Gasteiger partial charge in [-0.3, -0.25) is 4.79 Å². The number of carbonyl (C=O) groups excluding carboxylic acids is 1. The molecule has 1 N–H and O–H groups in total. The van der Waals surface area contributed by atoms with Crippen LogP contribution in [0.3, 0.4) is 0 Å². The van der Waals surface area contributed by atoms with Crippen LogP contribution < -0.4 is 10.1 Å². The fourth-order valence-corrected chi connectivity index (χ4v) is 2.91. The minimum Gasteiger partial charge on any atom is -0.484 e. The van der Waals surface area contributed by atoms with Crippen LogP contribution >= 0.6 is 23.2 Å². The van der Waals surface area contributed by atoms with Gasteiger partial charge in [0.25, 0.3) is 5.91 Å². The monoisotopic (exact) mass is 365 g/mol. The molecular weight excluding hydrogens is 345 g/mol. The topological polar surface area (TPSA) is 38.3 Å². The maximum absolute atomic E-state index is 12.3. The van der Waals surface area contributed by atoms with Crippen molar-refractivity contribution in [2.75, 3.05) is 11.9 Å². The normalized spacial score (nSPS) is 10.5. The maximum atomic E-state index is 12.3. The van der Waals surface area contributed by atoms with Gasteiger partial charge in [-0.2, -0.15) is 0 Å². The predicted octanol–water partition coefficient (Wildman–Crippen LogP) is 5.44. The van der Waals surface area contributed by atoms with Crippen LogP contribution in [0.1, 0.15) is 30.5 Å². The Labute approximate surface area is 152 Å². The SMILES string of the molecule is CCc1ccc(Cl)c(CC)c1NC(=O)COc1ccc(Cl)c(C)c1. The minimum absolute atomic E-state index is 0.0695. The summed E-state index contributed by atoms with van der Waals surface area (Å²) < 4.78 is 5.55. The summed E-state index contributed by atoms with van der Waals surface area (Å²) in [5.41, 5.74) is 3.72. The van der Waals surface area contributed by atoms with Gasteiger partial charge < -0.3 is 10.1 Å². The average molecular weight is 366 g/mol. The first-order chi connectivity index (χ1) is 11.5. The Morgan fingerprint density at radius 2 is 1.79 bits per heavy atom. The van der Waals surface area contributed by atoms with Crippen molar-refractivity contribution >= 4 is 34.8 Å². The first-order valence-corrected chi connectivity index (χ1v) is 8.70. The van der Waals surface area contributed by atoms with Crippen LogP contribution in [0.2, 0.25) is 10.0 Å². The molecule has 24 heavy (non-hydrogen) atoms. The second kappa shape index (κ2) is 8.41. The molecule has 2 rings (SSSR count). The van der Waals surface area contributed by atoms with E-state index in [2.05, 4.69) is 5.32 Å². The molecule has 0 aliphatic carbocycles. The Morgan fingerprint density at radius 1 is 1.08 bits per heavy atom. The van der Waals surface area contributed by atoms with Gasteiger partial charge in [0.2, 0.25) is 0 Å². The van der Waals surface area contributed by atoms with Crippen molar-refractivity contribution in [3.8, 4) is 5.75 Å². The molecule has 0 unspecified atom stereocenters. The van der Waals surface area contributed by atoms with Gasteiger partial charge >= 0.3 is 0 Å². The zero-order valence-corrected chi connectivity index (χ0v) is 15.6. The molecule has 1 amide bonds. The Kier molecular flexibility index (Phi) is 6.52. The number of hydrogen-bond donors (Lipinski definition) is 1. The standard InChI is InChI=1S/C19H21Cl2NO2/c1-4-13-6-8-17(21)15(5-2)19(13)22-18(23)11-24-14-7-9-16(20)12(3)10-14/h6-10H,4-5,11H2,1-3H3,(H,22,23). The van der Waals surface area contributed by atoms with Crippen molar-refractivity contribution in [1.29, 1.82) is 0 Å². The molecule has 0 atom stereocenters. The van der Waals surface area contributed by atoms with Crippen LogP contribution in [0.15, 0.2) is 30.3 Å². The number of aryl methyl sites for hydroxylation is 2. The molecule has 0 fully saturated rings. The van der Waals surface area contributed by atoms with Crippen LogP contribution in [0.25, 0.3) is 0 Å². The average Bonchev–Trinajstić information content (AvgIpc) is 2.56. The van der Waals surface area contributed by atoms with Gasteiger partial charge in [-0.25, -0.2) is 0 Å². The molecule has 0 aliphatic heterocycles. The van der Waals surface area contributed by atoms with E-state index < -0.39 is 0 Å². The highest BCUT2D eigenvalue weighted by Crippen LogP contribution is 2.29. The molecule has 128 valence electrons. The molecule has 0 aromatic heterocycles. The molecule has 0 saturated carbocycles. The number of benzene rings is 2. The summed E-state index contributed by atoms with van der Waals surface area (Å²) in [6.45, 7) is 5.89. The molecule has 2 aromatic rings. The van der Waals surface area contributed by atoms with Gasteiger partial charge in [0.05, 0.1) is 0 Å². The van der Waals surface area contributed by atoms with Crippen molar-refractivity contribution in [2.24, 2.45) is 0 Å². The van der Waals surface area contributed by atoms with E-state index in [1.807, 2.05) is 39.0 Å². The largest absolute Gasteiger partial charge is 0.484 e. The Hall–Kier alpha value is -1.71. The lowest BCUT2D eigenvalue weighted by molar-refractivity contribution is -0.118. The Morgan fingerprint density at radius 3 is 2.42 bits per heavy atom. The van der Waals surface area contributed by atoms with Crippen molar-refractivity contribution < 1.29 is 9.53 Å². The third-order valence-electron chi connectivity index (χ3n) is 3.84. The van der Waals surface area contributed by atoms with E-state index in [4.69, 9.17) is 27.9 Å². The lowest BCUT2D eigenvalue weighted by Crippen LogP contribution is -2.22. The molecule has 0 heterocycles. The molecule has 2 aromatic carbocycles. The van der Waals surface area contributed by atoms with Crippen LogP contribution in [0.5, 0.6) is 5.75 Å². The van der Waals surface area contributed by atoms with E-state index >= 15 is 0 Å². The van der Waals surface area contributed by atoms with Gasteiger partial charge in [0.15, 0.2) is 6.61 Å². The Balaban J connectivity index is 2.09. The molecule has 0 spiro atoms. The fraction of sp³-hybridized carbons (Fsp3) is 0.316. The summed E-state index contributed by atoms with van der Waals surface area (Å²) in [6.07, 6.45) is 1.57.